The van der Waals surface area contributed by atoms with Gasteiger partial charge < -0.3 is 21.7 Å². The summed E-state index contributed by atoms with van der Waals surface area (Å²) >= 11 is 0. The monoisotopic (exact) mass is 382 g/mol. The van der Waals surface area contributed by atoms with E-state index in [0.717, 1.165) is 29.7 Å². The van der Waals surface area contributed by atoms with Crippen LogP contribution in [0.3, 0.4) is 0 Å². The molecule has 2 rings (SSSR count). The van der Waals surface area contributed by atoms with E-state index in [-0.39, 0.29) is 18.4 Å². The minimum atomic E-state index is -0.604. The number of rotatable bonds is 9. The zero-order valence-electron chi connectivity index (χ0n) is 16.8. The molecule has 0 aliphatic heterocycles. The van der Waals surface area contributed by atoms with Crippen LogP contribution in [0.2, 0.25) is 0 Å². The van der Waals surface area contributed by atoms with E-state index < -0.39 is 6.04 Å². The van der Waals surface area contributed by atoms with Crippen LogP contribution < -0.4 is 21.7 Å². The van der Waals surface area contributed by atoms with E-state index in [1.807, 2.05) is 51.1 Å². The summed E-state index contributed by atoms with van der Waals surface area (Å²) in [5.74, 6) is -0.484. The highest BCUT2D eigenvalue weighted by Gasteiger charge is 2.21. The maximum absolute atomic E-state index is 12.7. The highest BCUT2D eigenvalue weighted by atomic mass is 16.2. The first kappa shape index (κ1) is 21.3. The normalized spacial score (nSPS) is 11.5. The van der Waals surface area contributed by atoms with Crippen molar-refractivity contribution in [1.29, 1.82) is 0 Å². The average molecular weight is 383 g/mol. The Kier molecular flexibility index (Phi) is 7.87. The van der Waals surface area contributed by atoms with Crippen LogP contribution in [0.15, 0.2) is 42.5 Å². The molecule has 2 aromatic carbocycles. The van der Waals surface area contributed by atoms with Gasteiger partial charge in [-0.15, -0.1) is 0 Å². The van der Waals surface area contributed by atoms with Crippen molar-refractivity contribution in [1.82, 2.24) is 5.32 Å². The zero-order chi connectivity index (χ0) is 20.5. The Labute approximate surface area is 166 Å². The number of hydrogen-bond acceptors (Lipinski definition) is 4. The molecule has 0 heterocycles. The number of unbranched alkanes of at least 4 members (excludes halogenated alkanes) is 1. The van der Waals surface area contributed by atoms with Crippen LogP contribution in [0, 0.1) is 13.8 Å². The van der Waals surface area contributed by atoms with Gasteiger partial charge in [0.05, 0.1) is 17.9 Å². The first-order valence-electron chi connectivity index (χ1n) is 9.66. The van der Waals surface area contributed by atoms with Crippen LogP contribution in [0.1, 0.15) is 37.3 Å². The number of nitrogens with one attached hydrogen (secondary N) is 3. The standard InChI is InChI=1S/C22H30N4O2/c1-4-5-9-20(22(28)26-19-11-10-16(3)13-18(19)23)25-21(27)14-24-17-8-6-7-15(2)12-17/h6-8,10-13,20,24H,4-5,9,14,23H2,1-3H3,(H,25,27)(H,26,28)/t20-/m0/s1. The second-order valence-corrected chi connectivity index (χ2v) is 7.07. The lowest BCUT2D eigenvalue weighted by molar-refractivity contribution is -0.125. The summed E-state index contributed by atoms with van der Waals surface area (Å²) in [7, 11) is 0. The first-order chi connectivity index (χ1) is 13.4. The summed E-state index contributed by atoms with van der Waals surface area (Å²) in [6, 6.07) is 12.7. The molecule has 0 saturated carbocycles. The van der Waals surface area contributed by atoms with Gasteiger partial charge in [0.25, 0.3) is 0 Å². The van der Waals surface area contributed by atoms with E-state index in [4.69, 9.17) is 5.73 Å². The van der Waals surface area contributed by atoms with E-state index >= 15 is 0 Å². The van der Waals surface area contributed by atoms with Gasteiger partial charge in [-0.05, 0) is 55.7 Å². The van der Waals surface area contributed by atoms with Gasteiger partial charge in [0.2, 0.25) is 11.8 Å². The molecule has 6 heteroatoms. The van der Waals surface area contributed by atoms with Crippen molar-refractivity contribution in [2.24, 2.45) is 0 Å². The van der Waals surface area contributed by atoms with E-state index in [1.54, 1.807) is 12.1 Å². The Bertz CT molecular complexity index is 820. The van der Waals surface area contributed by atoms with E-state index in [2.05, 4.69) is 16.0 Å². The van der Waals surface area contributed by atoms with Gasteiger partial charge >= 0.3 is 0 Å². The first-order valence-corrected chi connectivity index (χ1v) is 9.66. The highest BCUT2D eigenvalue weighted by molar-refractivity contribution is 5.99. The maximum atomic E-state index is 12.7. The SMILES string of the molecule is CCCC[C@H](NC(=O)CNc1cccc(C)c1)C(=O)Nc1ccc(C)cc1N. The third-order valence-electron chi connectivity index (χ3n) is 4.43. The minimum absolute atomic E-state index is 0.103. The summed E-state index contributed by atoms with van der Waals surface area (Å²) in [5.41, 5.74) is 10.1. The molecule has 28 heavy (non-hydrogen) atoms. The van der Waals surface area contributed by atoms with Crippen molar-refractivity contribution in [2.45, 2.75) is 46.1 Å². The van der Waals surface area contributed by atoms with Gasteiger partial charge in [-0.25, -0.2) is 0 Å². The van der Waals surface area contributed by atoms with Crippen LogP contribution in [0.5, 0.6) is 0 Å². The van der Waals surface area contributed by atoms with Crippen molar-refractivity contribution >= 4 is 28.9 Å². The number of aryl methyl sites for hydroxylation is 2. The number of carbonyl (C=O) groups excluding carboxylic acids is 2. The van der Waals surface area contributed by atoms with Crippen molar-refractivity contribution in [3.8, 4) is 0 Å². The molecule has 0 saturated heterocycles. The quantitative estimate of drug-likeness (QED) is 0.498. The third kappa shape index (κ3) is 6.61. The van der Waals surface area contributed by atoms with Crippen LogP contribution in [-0.4, -0.2) is 24.4 Å². The smallest absolute Gasteiger partial charge is 0.247 e. The van der Waals surface area contributed by atoms with Gasteiger partial charge in [0.15, 0.2) is 0 Å². The summed E-state index contributed by atoms with van der Waals surface area (Å²) < 4.78 is 0. The summed E-state index contributed by atoms with van der Waals surface area (Å²) in [6.07, 6.45) is 2.35. The lowest BCUT2D eigenvalue weighted by atomic mass is 10.1. The third-order valence-corrected chi connectivity index (χ3v) is 4.43. The van der Waals surface area contributed by atoms with Crippen LogP contribution in [0.4, 0.5) is 17.1 Å². The molecule has 5 N–H and O–H groups in total. The summed E-state index contributed by atoms with van der Waals surface area (Å²) in [4.78, 5) is 25.1. The molecule has 0 fully saturated rings. The fourth-order valence-corrected chi connectivity index (χ4v) is 2.88. The second kappa shape index (κ2) is 10.3. The van der Waals surface area contributed by atoms with Crippen LogP contribution in [-0.2, 0) is 9.59 Å². The zero-order valence-corrected chi connectivity index (χ0v) is 16.8. The van der Waals surface area contributed by atoms with Crippen molar-refractivity contribution in [2.75, 3.05) is 22.9 Å². The Balaban J connectivity index is 1.97. The molecular weight excluding hydrogens is 352 g/mol. The minimum Gasteiger partial charge on any atom is -0.397 e. The van der Waals surface area contributed by atoms with Crippen LogP contribution >= 0.6 is 0 Å². The van der Waals surface area contributed by atoms with E-state index in [1.165, 1.54) is 0 Å². The van der Waals surface area contributed by atoms with Crippen molar-refractivity contribution in [3.05, 3.63) is 53.6 Å². The summed E-state index contributed by atoms with van der Waals surface area (Å²) in [5, 5.41) is 8.75. The lowest BCUT2D eigenvalue weighted by Crippen LogP contribution is -2.45. The molecule has 0 radical (unpaired) electrons. The number of nitrogens with two attached hydrogens (primary N) is 1. The fraction of sp³-hybridized carbons (Fsp3) is 0.364. The number of nitrogen functional groups attached to an aromatic ring is 1. The van der Waals surface area contributed by atoms with Gasteiger partial charge in [-0.3, -0.25) is 9.59 Å². The Morgan fingerprint density at radius 3 is 2.50 bits per heavy atom. The molecule has 0 aromatic heterocycles. The Morgan fingerprint density at radius 1 is 1.07 bits per heavy atom. The maximum Gasteiger partial charge on any atom is 0.247 e. The molecule has 2 amide bonds. The predicted molar refractivity (Wildman–Crippen MR) is 115 cm³/mol. The molecule has 0 spiro atoms. The van der Waals surface area contributed by atoms with Crippen molar-refractivity contribution < 1.29 is 9.59 Å². The molecule has 0 unspecified atom stereocenters. The number of benzene rings is 2. The molecule has 1 atom stereocenters. The number of anilines is 3. The fourth-order valence-electron chi connectivity index (χ4n) is 2.88. The number of hydrogen-bond donors (Lipinski definition) is 4. The molecule has 0 aliphatic carbocycles. The van der Waals surface area contributed by atoms with E-state index in [0.29, 0.717) is 17.8 Å². The predicted octanol–water partition coefficient (Wildman–Crippen LogP) is 3.61. The molecule has 6 nitrogen and oxygen atoms in total. The molecule has 150 valence electrons. The largest absolute Gasteiger partial charge is 0.397 e. The lowest BCUT2D eigenvalue weighted by Gasteiger charge is -2.19. The average Bonchev–Trinajstić information content (AvgIpc) is 2.65. The van der Waals surface area contributed by atoms with Gasteiger partial charge in [0.1, 0.15) is 6.04 Å². The van der Waals surface area contributed by atoms with Gasteiger partial charge in [0, 0.05) is 5.69 Å². The molecule has 2 aromatic rings. The van der Waals surface area contributed by atoms with Gasteiger partial charge in [-0.1, -0.05) is 38.0 Å². The van der Waals surface area contributed by atoms with Gasteiger partial charge in [-0.2, -0.15) is 0 Å². The molecule has 0 aliphatic rings. The topological polar surface area (TPSA) is 96.2 Å². The Hall–Kier alpha value is -3.02. The number of carbonyl (C=O) groups is 2. The van der Waals surface area contributed by atoms with Crippen molar-refractivity contribution in [3.63, 3.8) is 0 Å². The Morgan fingerprint density at radius 2 is 1.82 bits per heavy atom. The number of amides is 2. The summed E-state index contributed by atoms with van der Waals surface area (Å²) in [6.45, 7) is 6.08. The molecular formula is C22H30N4O2. The molecule has 0 bridgehead atoms. The second-order valence-electron chi connectivity index (χ2n) is 7.07. The van der Waals surface area contributed by atoms with Crippen LogP contribution in [0.25, 0.3) is 0 Å². The highest BCUT2D eigenvalue weighted by Crippen LogP contribution is 2.20. The van der Waals surface area contributed by atoms with E-state index in [9.17, 15) is 9.59 Å².